The molecule has 4 heterocycles. The van der Waals surface area contributed by atoms with Crippen molar-refractivity contribution in [1.29, 1.82) is 0 Å². The SMILES string of the molecule is CCOc1cnc(NC(=O)N(C)[C@@H]2CCCN(c3nccc(OC(=O)N[C@H]4C[C@H]5C[C@@H]4CN5C)n3)C2)cn1. The third-order valence-corrected chi connectivity index (χ3v) is 7.64. The van der Waals surface area contributed by atoms with Crippen LogP contribution in [0.4, 0.5) is 21.4 Å². The van der Waals surface area contributed by atoms with E-state index in [1.165, 1.54) is 12.4 Å². The number of carbonyl (C=O) groups is 2. The highest BCUT2D eigenvalue weighted by atomic mass is 16.6. The van der Waals surface area contributed by atoms with Gasteiger partial charge in [-0.3, -0.25) is 5.32 Å². The maximum Gasteiger partial charge on any atom is 0.414 e. The van der Waals surface area contributed by atoms with E-state index in [2.05, 4.69) is 42.5 Å². The third-order valence-electron chi connectivity index (χ3n) is 7.64. The quantitative estimate of drug-likeness (QED) is 0.552. The van der Waals surface area contributed by atoms with E-state index in [9.17, 15) is 9.59 Å². The zero-order valence-electron chi connectivity index (χ0n) is 22.0. The molecule has 3 amide bonds. The summed E-state index contributed by atoms with van der Waals surface area (Å²) in [5, 5.41) is 5.79. The van der Waals surface area contributed by atoms with E-state index in [4.69, 9.17) is 9.47 Å². The first-order valence-electron chi connectivity index (χ1n) is 13.1. The lowest BCUT2D eigenvalue weighted by Crippen LogP contribution is -2.50. The minimum atomic E-state index is -0.486. The summed E-state index contributed by atoms with van der Waals surface area (Å²) >= 11 is 0. The Balaban J connectivity index is 1.14. The molecule has 0 spiro atoms. The van der Waals surface area contributed by atoms with Crippen molar-refractivity contribution in [2.24, 2.45) is 5.92 Å². The van der Waals surface area contributed by atoms with Gasteiger partial charge < -0.3 is 29.5 Å². The number of amides is 3. The molecule has 38 heavy (non-hydrogen) atoms. The van der Waals surface area contributed by atoms with Crippen LogP contribution in [0.2, 0.25) is 0 Å². The molecule has 5 rings (SSSR count). The molecule has 4 atom stereocenters. The van der Waals surface area contributed by atoms with Crippen molar-refractivity contribution in [3.8, 4) is 11.8 Å². The topological polar surface area (TPSA) is 138 Å². The number of nitrogens with one attached hydrogen (secondary N) is 2. The largest absolute Gasteiger partial charge is 0.477 e. The Morgan fingerprint density at radius 2 is 2.03 bits per heavy atom. The average molecular weight is 526 g/mol. The number of likely N-dealkylation sites (tertiary alicyclic amines) is 1. The molecule has 0 radical (unpaired) electrons. The summed E-state index contributed by atoms with van der Waals surface area (Å²) < 4.78 is 10.8. The number of likely N-dealkylation sites (N-methyl/N-ethyl adjacent to an activating group) is 1. The number of aromatic nitrogens is 4. The van der Waals surface area contributed by atoms with Crippen LogP contribution in [0.5, 0.6) is 11.8 Å². The van der Waals surface area contributed by atoms with E-state index < -0.39 is 6.09 Å². The van der Waals surface area contributed by atoms with Gasteiger partial charge in [0.25, 0.3) is 0 Å². The van der Waals surface area contributed by atoms with Gasteiger partial charge in [-0.2, -0.15) is 4.98 Å². The average Bonchev–Trinajstić information content (AvgIpc) is 3.48. The van der Waals surface area contributed by atoms with Gasteiger partial charge in [-0.25, -0.2) is 24.5 Å². The summed E-state index contributed by atoms with van der Waals surface area (Å²) in [6, 6.07) is 1.92. The van der Waals surface area contributed by atoms with Crippen molar-refractivity contribution in [1.82, 2.24) is 35.1 Å². The molecule has 0 aromatic carbocycles. The monoisotopic (exact) mass is 525 g/mol. The fraction of sp³-hybridized carbons (Fsp3) is 0.600. The maximum absolute atomic E-state index is 12.8. The van der Waals surface area contributed by atoms with Crippen LogP contribution in [-0.2, 0) is 0 Å². The summed E-state index contributed by atoms with van der Waals surface area (Å²) in [6.45, 7) is 4.65. The lowest BCUT2D eigenvalue weighted by molar-refractivity contribution is 0.178. The van der Waals surface area contributed by atoms with Gasteiger partial charge in [0.2, 0.25) is 17.7 Å². The first kappa shape index (κ1) is 25.9. The lowest BCUT2D eigenvalue weighted by Gasteiger charge is -2.37. The minimum absolute atomic E-state index is 0.0631. The highest BCUT2D eigenvalue weighted by Crippen LogP contribution is 2.36. The van der Waals surface area contributed by atoms with Crippen LogP contribution in [0, 0.1) is 5.92 Å². The molecule has 13 nitrogen and oxygen atoms in total. The highest BCUT2D eigenvalue weighted by molar-refractivity contribution is 5.88. The van der Waals surface area contributed by atoms with Crippen molar-refractivity contribution < 1.29 is 19.1 Å². The van der Waals surface area contributed by atoms with Crippen LogP contribution in [0.1, 0.15) is 32.6 Å². The van der Waals surface area contributed by atoms with E-state index >= 15 is 0 Å². The number of urea groups is 1. The van der Waals surface area contributed by atoms with Gasteiger partial charge in [-0.15, -0.1) is 0 Å². The van der Waals surface area contributed by atoms with Crippen molar-refractivity contribution in [3.05, 3.63) is 24.7 Å². The molecule has 13 heteroatoms. The number of anilines is 2. The number of carbonyl (C=O) groups excluding carboxylic acids is 2. The highest BCUT2D eigenvalue weighted by Gasteiger charge is 2.43. The standard InChI is InChI=1S/C25H35N9O4/c1-4-37-22-13-27-20(12-28-22)30-24(35)33(3)17-6-5-9-34(15-17)23-26-8-7-21(31-23)38-25(36)29-19-11-18-10-16(19)14-32(18)2/h7-8,12-13,16-19H,4-6,9-11,14-15H2,1-3H3,(H,29,36)(H,27,30,35)/t16-,17-,18-,19+/m1/s1. The zero-order chi connectivity index (χ0) is 26.6. The molecule has 2 aliphatic heterocycles. The van der Waals surface area contributed by atoms with Crippen LogP contribution in [0.15, 0.2) is 24.7 Å². The molecule has 2 N–H and O–H groups in total. The Hall–Kier alpha value is -3.74. The Bertz CT molecular complexity index is 1130. The van der Waals surface area contributed by atoms with Crippen molar-refractivity contribution in [3.63, 3.8) is 0 Å². The molecule has 204 valence electrons. The minimum Gasteiger partial charge on any atom is -0.477 e. The number of ether oxygens (including phenoxy) is 2. The van der Waals surface area contributed by atoms with Gasteiger partial charge in [-0.05, 0) is 45.6 Å². The van der Waals surface area contributed by atoms with Crippen molar-refractivity contribution in [2.75, 3.05) is 50.6 Å². The molecular weight excluding hydrogens is 490 g/mol. The van der Waals surface area contributed by atoms with Crippen molar-refractivity contribution >= 4 is 23.9 Å². The van der Waals surface area contributed by atoms with Gasteiger partial charge in [0.05, 0.1) is 25.0 Å². The van der Waals surface area contributed by atoms with Crippen LogP contribution < -0.4 is 25.0 Å². The van der Waals surface area contributed by atoms with Crippen LogP contribution in [-0.4, -0.2) is 100 Å². The summed E-state index contributed by atoms with van der Waals surface area (Å²) in [5.74, 6) is 1.90. The zero-order valence-corrected chi connectivity index (χ0v) is 22.0. The first-order chi connectivity index (χ1) is 18.4. The molecule has 1 aliphatic carbocycles. The van der Waals surface area contributed by atoms with Gasteiger partial charge >= 0.3 is 12.1 Å². The first-order valence-corrected chi connectivity index (χ1v) is 13.1. The summed E-state index contributed by atoms with van der Waals surface area (Å²) in [7, 11) is 3.89. The van der Waals surface area contributed by atoms with E-state index in [1.54, 1.807) is 24.2 Å². The van der Waals surface area contributed by atoms with E-state index in [-0.39, 0.29) is 24.0 Å². The second kappa shape index (κ2) is 11.3. The molecule has 1 saturated carbocycles. The van der Waals surface area contributed by atoms with Crippen LogP contribution in [0.3, 0.4) is 0 Å². The smallest absolute Gasteiger partial charge is 0.414 e. The number of hydrogen-bond acceptors (Lipinski definition) is 10. The molecule has 2 aromatic rings. The summed E-state index contributed by atoms with van der Waals surface area (Å²) in [6.07, 6.45) is 7.81. The summed E-state index contributed by atoms with van der Waals surface area (Å²) in [5.41, 5.74) is 0. The molecule has 0 unspecified atom stereocenters. The van der Waals surface area contributed by atoms with Gasteiger partial charge in [-0.1, -0.05) is 0 Å². The fourth-order valence-corrected chi connectivity index (χ4v) is 5.59. The van der Waals surface area contributed by atoms with Crippen LogP contribution >= 0.6 is 0 Å². The molecule has 3 aliphatic rings. The second-order valence-corrected chi connectivity index (χ2v) is 10.1. The molecule has 2 saturated heterocycles. The number of fused-ring (bicyclic) bond motifs is 2. The van der Waals surface area contributed by atoms with Gasteiger partial charge in [0, 0.05) is 51.0 Å². The fourth-order valence-electron chi connectivity index (χ4n) is 5.59. The molecule has 2 aromatic heterocycles. The van der Waals surface area contributed by atoms with E-state index in [0.29, 0.717) is 42.8 Å². The Labute approximate surface area is 221 Å². The maximum atomic E-state index is 12.8. The van der Waals surface area contributed by atoms with Gasteiger partial charge in [0.15, 0.2) is 5.82 Å². The number of hydrogen-bond donors (Lipinski definition) is 2. The molecule has 2 bridgehead atoms. The number of piperidine rings is 2. The second-order valence-electron chi connectivity index (χ2n) is 10.1. The lowest BCUT2D eigenvalue weighted by atomic mass is 10.0. The van der Waals surface area contributed by atoms with E-state index in [0.717, 1.165) is 38.8 Å². The van der Waals surface area contributed by atoms with Crippen LogP contribution in [0.25, 0.3) is 0 Å². The van der Waals surface area contributed by atoms with Gasteiger partial charge in [0.1, 0.15) is 0 Å². The number of rotatable bonds is 7. The van der Waals surface area contributed by atoms with Crippen molar-refractivity contribution in [2.45, 2.75) is 50.7 Å². The Kier molecular flexibility index (Phi) is 7.72. The number of nitrogens with zero attached hydrogens (tertiary/aromatic N) is 7. The molecule has 3 fully saturated rings. The Morgan fingerprint density at radius 1 is 1.16 bits per heavy atom. The van der Waals surface area contributed by atoms with E-state index in [1.807, 2.05) is 11.8 Å². The molecular formula is C25H35N9O4. The predicted octanol–water partition coefficient (Wildman–Crippen LogP) is 1.98. The normalized spacial score (nSPS) is 24.7. The Morgan fingerprint density at radius 3 is 2.74 bits per heavy atom. The third kappa shape index (κ3) is 5.87. The summed E-state index contributed by atoms with van der Waals surface area (Å²) in [4.78, 5) is 48.6. The predicted molar refractivity (Wildman–Crippen MR) is 139 cm³/mol.